The van der Waals surface area contributed by atoms with E-state index in [1.165, 1.54) is 25.7 Å². The predicted octanol–water partition coefficient (Wildman–Crippen LogP) is 5.75. The van der Waals surface area contributed by atoms with Crippen molar-refractivity contribution < 1.29 is 9.90 Å². The predicted molar refractivity (Wildman–Crippen MR) is 101 cm³/mol. The number of hydrogen-bond donors (Lipinski definition) is 1. The maximum absolute atomic E-state index is 11.7. The molecule has 2 nitrogen and oxygen atoms in total. The van der Waals surface area contributed by atoms with Gasteiger partial charge in [-0.1, -0.05) is 40.7 Å². The Morgan fingerprint density at radius 3 is 2.12 bits per heavy atom. The van der Waals surface area contributed by atoms with Crippen molar-refractivity contribution in [3.05, 3.63) is 28.8 Å². The van der Waals surface area contributed by atoms with Gasteiger partial charge in [0.25, 0.3) is 0 Å². The lowest BCUT2D eigenvalue weighted by atomic mass is 9.39. The van der Waals surface area contributed by atoms with Gasteiger partial charge in [0.2, 0.25) is 0 Å². The number of hydrogen-bond acceptors (Lipinski definition) is 2. The summed E-state index contributed by atoms with van der Waals surface area (Å²) in [6, 6.07) is 4.11. The summed E-state index contributed by atoms with van der Waals surface area (Å²) in [7, 11) is 0. The summed E-state index contributed by atoms with van der Waals surface area (Å²) in [5.74, 6) is 1.01. The number of phenols is 1. The lowest BCUT2D eigenvalue weighted by Crippen LogP contribution is -2.56. The zero-order valence-electron chi connectivity index (χ0n) is 16.4. The van der Waals surface area contributed by atoms with Crippen molar-refractivity contribution in [3.8, 4) is 5.75 Å². The summed E-state index contributed by atoms with van der Waals surface area (Å²) in [6.45, 7) is 11.5. The highest BCUT2D eigenvalue weighted by Crippen LogP contribution is 2.70. The fourth-order valence-electron chi connectivity index (χ4n) is 7.33. The summed E-state index contributed by atoms with van der Waals surface area (Å²) in [5, 5.41) is 11.0. The zero-order valence-corrected chi connectivity index (χ0v) is 16.4. The molecule has 136 valence electrons. The Hall–Kier alpha value is -1.31. The van der Waals surface area contributed by atoms with Gasteiger partial charge in [0.05, 0.1) is 5.56 Å². The quantitative estimate of drug-likeness (QED) is 0.696. The van der Waals surface area contributed by atoms with Crippen molar-refractivity contribution in [2.45, 2.75) is 84.0 Å². The van der Waals surface area contributed by atoms with E-state index in [1.807, 2.05) is 6.07 Å². The molecule has 0 spiro atoms. The van der Waals surface area contributed by atoms with Crippen LogP contribution in [0.2, 0.25) is 0 Å². The Kier molecular flexibility index (Phi) is 3.35. The third kappa shape index (κ3) is 2.55. The summed E-state index contributed by atoms with van der Waals surface area (Å²) >= 11 is 0. The van der Waals surface area contributed by atoms with E-state index in [4.69, 9.17) is 0 Å². The molecule has 4 fully saturated rings. The second-order valence-electron chi connectivity index (χ2n) is 11.2. The lowest BCUT2D eigenvalue weighted by molar-refractivity contribution is -0.110. The number of benzene rings is 1. The molecule has 4 aliphatic rings. The van der Waals surface area contributed by atoms with Crippen molar-refractivity contribution in [1.82, 2.24) is 0 Å². The largest absolute Gasteiger partial charge is 0.507 e. The maximum atomic E-state index is 11.7. The molecular formula is C23H32O2. The first-order valence-electron chi connectivity index (χ1n) is 9.81. The van der Waals surface area contributed by atoms with Crippen LogP contribution in [0.4, 0.5) is 0 Å². The van der Waals surface area contributed by atoms with E-state index >= 15 is 0 Å². The summed E-state index contributed by atoms with van der Waals surface area (Å²) in [6.07, 6.45) is 8.32. The minimum Gasteiger partial charge on any atom is -0.507 e. The van der Waals surface area contributed by atoms with Crippen LogP contribution in [0.1, 0.15) is 94.6 Å². The van der Waals surface area contributed by atoms with Gasteiger partial charge in [-0.05, 0) is 72.3 Å². The molecule has 2 unspecified atom stereocenters. The van der Waals surface area contributed by atoms with Crippen LogP contribution in [0.25, 0.3) is 0 Å². The molecule has 0 aromatic heterocycles. The first-order chi connectivity index (χ1) is 11.5. The van der Waals surface area contributed by atoms with Crippen LogP contribution in [-0.2, 0) is 10.8 Å². The molecule has 4 bridgehead atoms. The minimum absolute atomic E-state index is 0.0314. The first kappa shape index (κ1) is 17.1. The molecular weight excluding hydrogens is 308 g/mol. The maximum Gasteiger partial charge on any atom is 0.153 e. The molecule has 0 heterocycles. The van der Waals surface area contributed by atoms with Crippen LogP contribution in [0.5, 0.6) is 5.75 Å². The van der Waals surface area contributed by atoms with Crippen LogP contribution in [0.3, 0.4) is 0 Å². The van der Waals surface area contributed by atoms with Crippen LogP contribution >= 0.6 is 0 Å². The Bertz CT molecular complexity index is 721. The number of aromatic hydroxyl groups is 1. The monoisotopic (exact) mass is 340 g/mol. The van der Waals surface area contributed by atoms with Crippen molar-refractivity contribution in [2.24, 2.45) is 16.7 Å². The smallest absolute Gasteiger partial charge is 0.153 e. The third-order valence-corrected chi connectivity index (χ3v) is 7.33. The second kappa shape index (κ2) is 4.90. The third-order valence-electron chi connectivity index (χ3n) is 7.33. The van der Waals surface area contributed by atoms with E-state index in [2.05, 4.69) is 40.7 Å². The average Bonchev–Trinajstić information content (AvgIpc) is 2.42. The molecule has 0 amide bonds. The van der Waals surface area contributed by atoms with Crippen LogP contribution < -0.4 is 0 Å². The van der Waals surface area contributed by atoms with Crippen LogP contribution in [0.15, 0.2) is 12.1 Å². The molecule has 25 heavy (non-hydrogen) atoms. The number of aldehydes is 1. The lowest BCUT2D eigenvalue weighted by Gasteiger charge is -2.65. The Morgan fingerprint density at radius 1 is 1.04 bits per heavy atom. The standard InChI is InChI=1S/C23H32O2/c1-20(2,3)17-6-16(11-24)19(25)18(7-17)23-10-15-8-21(4,13-23)12-22(5,9-15)14-23/h6-7,11,15,25H,8-10,12-14H2,1-5H3. The second-order valence-corrected chi connectivity index (χ2v) is 11.2. The van der Waals surface area contributed by atoms with E-state index in [9.17, 15) is 9.90 Å². The van der Waals surface area contributed by atoms with Gasteiger partial charge in [0.1, 0.15) is 5.75 Å². The van der Waals surface area contributed by atoms with Gasteiger partial charge in [0, 0.05) is 11.0 Å². The van der Waals surface area contributed by atoms with E-state index in [-0.39, 0.29) is 16.6 Å². The van der Waals surface area contributed by atoms with Crippen molar-refractivity contribution >= 4 is 6.29 Å². The zero-order chi connectivity index (χ0) is 18.3. The SMILES string of the molecule is CC12CC3CC(C)(C1)CC(c1cc(C(C)(C)C)cc(C=O)c1O)(C3)C2. The number of rotatable bonds is 2. The minimum atomic E-state index is -0.0314. The molecule has 0 radical (unpaired) electrons. The topological polar surface area (TPSA) is 37.3 Å². The van der Waals surface area contributed by atoms with Gasteiger partial charge in [-0.15, -0.1) is 0 Å². The van der Waals surface area contributed by atoms with Gasteiger partial charge in [0.15, 0.2) is 6.29 Å². The normalized spacial score (nSPS) is 39.6. The molecule has 2 atom stereocenters. The molecule has 4 saturated carbocycles. The fraction of sp³-hybridized carbons (Fsp3) is 0.696. The first-order valence-corrected chi connectivity index (χ1v) is 9.81. The van der Waals surface area contributed by atoms with Gasteiger partial charge >= 0.3 is 0 Å². The van der Waals surface area contributed by atoms with Crippen molar-refractivity contribution in [3.63, 3.8) is 0 Å². The molecule has 1 N–H and O–H groups in total. The Morgan fingerprint density at radius 2 is 1.64 bits per heavy atom. The summed E-state index contributed by atoms with van der Waals surface area (Å²) in [5.41, 5.74) is 3.48. The number of carbonyl (C=O) groups excluding carboxylic acids is 1. The van der Waals surface area contributed by atoms with Crippen molar-refractivity contribution in [1.29, 1.82) is 0 Å². The van der Waals surface area contributed by atoms with Crippen LogP contribution in [-0.4, -0.2) is 11.4 Å². The molecule has 0 saturated heterocycles. The van der Waals surface area contributed by atoms with Gasteiger partial charge < -0.3 is 5.11 Å². The van der Waals surface area contributed by atoms with Gasteiger partial charge in [-0.3, -0.25) is 4.79 Å². The van der Waals surface area contributed by atoms with Crippen LogP contribution in [0, 0.1) is 16.7 Å². The molecule has 1 aromatic rings. The van der Waals surface area contributed by atoms with E-state index < -0.39 is 0 Å². The Labute approximate surface area is 152 Å². The van der Waals surface area contributed by atoms with E-state index in [0.29, 0.717) is 16.4 Å². The van der Waals surface area contributed by atoms with E-state index in [1.54, 1.807) is 0 Å². The summed E-state index contributed by atoms with van der Waals surface area (Å²) in [4.78, 5) is 11.7. The number of phenolic OH excluding ortho intramolecular Hbond substituents is 1. The highest BCUT2D eigenvalue weighted by Gasteiger charge is 2.61. The fourth-order valence-corrected chi connectivity index (χ4v) is 7.33. The molecule has 2 heteroatoms. The van der Waals surface area contributed by atoms with Gasteiger partial charge in [-0.2, -0.15) is 0 Å². The van der Waals surface area contributed by atoms with Gasteiger partial charge in [-0.25, -0.2) is 0 Å². The molecule has 0 aliphatic heterocycles. The summed E-state index contributed by atoms with van der Waals surface area (Å²) < 4.78 is 0. The number of carbonyl (C=O) groups is 1. The molecule has 4 aliphatic carbocycles. The van der Waals surface area contributed by atoms with Crippen molar-refractivity contribution in [2.75, 3.05) is 0 Å². The molecule has 1 aromatic carbocycles. The highest BCUT2D eigenvalue weighted by molar-refractivity contribution is 5.81. The average molecular weight is 341 g/mol. The van der Waals surface area contributed by atoms with E-state index in [0.717, 1.165) is 36.2 Å². The highest BCUT2D eigenvalue weighted by atomic mass is 16.3. The molecule has 5 rings (SSSR count). The Balaban J connectivity index is 1.91.